The molecule has 0 N–H and O–H groups in total. The van der Waals surface area contributed by atoms with Crippen LogP contribution in [0.3, 0.4) is 0 Å². The van der Waals surface area contributed by atoms with Gasteiger partial charge in [-0.1, -0.05) is 29.8 Å². The molecule has 0 bridgehead atoms. The number of carbonyl (C=O) groups excluding carboxylic acids is 1. The molecular weight excluding hydrogens is 444 g/mol. The highest BCUT2D eigenvalue weighted by atomic mass is 35.5. The number of hydrogen-bond donors (Lipinski definition) is 0. The van der Waals surface area contributed by atoms with E-state index in [-0.39, 0.29) is 6.09 Å². The number of amides is 1. The first-order valence-corrected chi connectivity index (χ1v) is 11.1. The first kappa shape index (κ1) is 21.6. The van der Waals surface area contributed by atoms with Gasteiger partial charge in [-0.15, -0.1) is 0 Å². The van der Waals surface area contributed by atoms with Crippen LogP contribution in [-0.2, 0) is 16.0 Å². The molecule has 1 spiro atoms. The fraction of sp³-hybridized carbons (Fsp3) is 0.292. The van der Waals surface area contributed by atoms with Gasteiger partial charge in [-0.3, -0.25) is 9.80 Å². The Morgan fingerprint density at radius 2 is 1.91 bits per heavy atom. The van der Waals surface area contributed by atoms with Gasteiger partial charge >= 0.3 is 12.1 Å². The zero-order valence-corrected chi connectivity index (χ0v) is 18.6. The van der Waals surface area contributed by atoms with Gasteiger partial charge in [0.25, 0.3) is 0 Å². The maximum Gasteiger partial charge on any atom is 0.415 e. The largest absolute Gasteiger partial charge is 0.437 e. The summed E-state index contributed by atoms with van der Waals surface area (Å²) in [5, 5.41) is 0.572. The molecule has 2 aliphatic rings. The van der Waals surface area contributed by atoms with E-state index in [1.165, 1.54) is 0 Å². The minimum absolute atomic E-state index is 0.302. The Kier molecular flexibility index (Phi) is 6.13. The highest BCUT2D eigenvalue weighted by Crippen LogP contribution is 2.32. The van der Waals surface area contributed by atoms with Crippen molar-refractivity contribution >= 4 is 23.4 Å². The van der Waals surface area contributed by atoms with Gasteiger partial charge in [-0.25, -0.2) is 14.8 Å². The number of aromatic nitrogens is 2. The standard InChI is InChI=1S/C24H23ClN4O4/c25-19-5-2-6-20(13-19)29-16-24(33-23(29)30)15-28(10-11-31-17-24)14-18-4-1-7-21(12-18)32-22-26-8-3-9-27-22/h1-9,12-13H,10-11,14-17H2. The lowest BCUT2D eigenvalue weighted by atomic mass is 10.0. The summed E-state index contributed by atoms with van der Waals surface area (Å²) >= 11 is 6.12. The predicted octanol–water partition coefficient (Wildman–Crippen LogP) is 4.15. The maximum absolute atomic E-state index is 12.7. The van der Waals surface area contributed by atoms with Gasteiger partial charge in [-0.05, 0) is 42.0 Å². The quantitative estimate of drug-likeness (QED) is 0.559. The second-order valence-corrected chi connectivity index (χ2v) is 8.60. The Labute approximate surface area is 196 Å². The second kappa shape index (κ2) is 9.35. The average molecular weight is 467 g/mol. The van der Waals surface area contributed by atoms with E-state index in [1.54, 1.807) is 35.5 Å². The molecule has 0 saturated carbocycles. The van der Waals surface area contributed by atoms with Gasteiger partial charge in [-0.2, -0.15) is 0 Å². The molecule has 1 unspecified atom stereocenters. The summed E-state index contributed by atoms with van der Waals surface area (Å²) in [6.07, 6.45) is 2.89. The Morgan fingerprint density at radius 3 is 2.76 bits per heavy atom. The SMILES string of the molecule is O=C1OC2(COCCN(Cc3cccc(Oc4ncccn4)c3)C2)CN1c1cccc(Cl)c1. The van der Waals surface area contributed by atoms with Crippen molar-refractivity contribution in [3.63, 3.8) is 0 Å². The molecule has 3 heterocycles. The van der Waals surface area contributed by atoms with Gasteiger partial charge in [0.05, 0.1) is 19.8 Å². The Hall–Kier alpha value is -3.20. The van der Waals surface area contributed by atoms with Crippen LogP contribution in [0.4, 0.5) is 10.5 Å². The number of benzene rings is 2. The summed E-state index contributed by atoms with van der Waals surface area (Å²) in [5.41, 5.74) is 1.03. The van der Waals surface area contributed by atoms with Gasteiger partial charge in [0.2, 0.25) is 0 Å². The van der Waals surface area contributed by atoms with Crippen LogP contribution in [0.25, 0.3) is 0 Å². The molecule has 33 heavy (non-hydrogen) atoms. The number of carbonyl (C=O) groups is 1. The number of anilines is 1. The third-order valence-corrected chi connectivity index (χ3v) is 5.81. The van der Waals surface area contributed by atoms with E-state index in [4.69, 9.17) is 25.8 Å². The third kappa shape index (κ3) is 5.08. The molecular formula is C24H23ClN4O4. The van der Waals surface area contributed by atoms with E-state index in [2.05, 4.69) is 14.9 Å². The average Bonchev–Trinajstić information content (AvgIpc) is 3.00. The molecule has 0 aliphatic carbocycles. The molecule has 2 saturated heterocycles. The summed E-state index contributed by atoms with van der Waals surface area (Å²) < 4.78 is 17.5. The predicted molar refractivity (Wildman–Crippen MR) is 123 cm³/mol. The molecule has 0 radical (unpaired) electrons. The minimum Gasteiger partial charge on any atom is -0.437 e. The molecule has 9 heteroatoms. The number of rotatable bonds is 5. The van der Waals surface area contributed by atoms with Crippen LogP contribution in [0.1, 0.15) is 5.56 Å². The monoisotopic (exact) mass is 466 g/mol. The molecule has 8 nitrogen and oxygen atoms in total. The van der Waals surface area contributed by atoms with Crippen molar-refractivity contribution in [2.75, 3.05) is 37.7 Å². The molecule has 1 amide bonds. The topological polar surface area (TPSA) is 77.0 Å². The number of halogens is 1. The van der Waals surface area contributed by atoms with Crippen molar-refractivity contribution in [2.45, 2.75) is 12.1 Å². The van der Waals surface area contributed by atoms with Crippen LogP contribution in [0.15, 0.2) is 67.0 Å². The summed E-state index contributed by atoms with van der Waals surface area (Å²) in [6, 6.07) is 17.1. The van der Waals surface area contributed by atoms with Crippen molar-refractivity contribution in [3.05, 3.63) is 77.6 Å². The first-order valence-electron chi connectivity index (χ1n) is 10.7. The molecule has 1 aromatic heterocycles. The van der Waals surface area contributed by atoms with E-state index in [0.717, 1.165) is 12.1 Å². The van der Waals surface area contributed by atoms with Crippen molar-refractivity contribution in [2.24, 2.45) is 0 Å². The Balaban J connectivity index is 1.29. The molecule has 3 aromatic rings. The van der Waals surface area contributed by atoms with Crippen LogP contribution in [-0.4, -0.2) is 59.4 Å². The van der Waals surface area contributed by atoms with Crippen LogP contribution < -0.4 is 9.64 Å². The molecule has 5 rings (SSSR count). The summed E-state index contributed by atoms with van der Waals surface area (Å²) in [4.78, 5) is 24.8. The van der Waals surface area contributed by atoms with Gasteiger partial charge < -0.3 is 14.2 Å². The lowest BCUT2D eigenvalue weighted by Crippen LogP contribution is -2.47. The van der Waals surface area contributed by atoms with Gasteiger partial charge in [0, 0.05) is 42.7 Å². The zero-order valence-electron chi connectivity index (χ0n) is 17.9. The van der Waals surface area contributed by atoms with E-state index >= 15 is 0 Å². The molecule has 2 aliphatic heterocycles. The molecule has 170 valence electrons. The first-order chi connectivity index (χ1) is 16.1. The fourth-order valence-corrected chi connectivity index (χ4v) is 4.34. The molecule has 2 aromatic carbocycles. The lowest BCUT2D eigenvalue weighted by Gasteiger charge is -2.29. The lowest BCUT2D eigenvalue weighted by molar-refractivity contribution is -0.0154. The number of nitrogens with zero attached hydrogens (tertiary/aromatic N) is 4. The Morgan fingerprint density at radius 1 is 1.06 bits per heavy atom. The second-order valence-electron chi connectivity index (χ2n) is 8.16. The highest BCUT2D eigenvalue weighted by Gasteiger charge is 2.48. The fourth-order valence-electron chi connectivity index (χ4n) is 4.15. The zero-order chi connectivity index (χ0) is 22.7. The van der Waals surface area contributed by atoms with Gasteiger partial charge in [0.15, 0.2) is 5.60 Å². The normalized spacial score (nSPS) is 21.1. The van der Waals surface area contributed by atoms with Crippen LogP contribution >= 0.6 is 11.6 Å². The smallest absolute Gasteiger partial charge is 0.415 e. The molecule has 1 atom stereocenters. The van der Waals surface area contributed by atoms with E-state index in [1.807, 2.05) is 36.4 Å². The summed E-state index contributed by atoms with van der Waals surface area (Å²) in [5.74, 6) is 0.666. The maximum atomic E-state index is 12.7. The van der Waals surface area contributed by atoms with Crippen LogP contribution in [0, 0.1) is 0 Å². The Bertz CT molecular complexity index is 1130. The highest BCUT2D eigenvalue weighted by molar-refractivity contribution is 6.30. The summed E-state index contributed by atoms with van der Waals surface area (Å²) in [6.45, 7) is 3.25. The van der Waals surface area contributed by atoms with Crippen molar-refractivity contribution in [1.29, 1.82) is 0 Å². The number of ether oxygens (including phenoxy) is 3. The minimum atomic E-state index is -0.748. The van der Waals surface area contributed by atoms with Gasteiger partial charge in [0.1, 0.15) is 5.75 Å². The van der Waals surface area contributed by atoms with Crippen LogP contribution in [0.2, 0.25) is 5.02 Å². The summed E-state index contributed by atoms with van der Waals surface area (Å²) in [7, 11) is 0. The van der Waals surface area contributed by atoms with Crippen molar-refractivity contribution in [3.8, 4) is 11.8 Å². The molecule has 2 fully saturated rings. The number of hydrogen-bond acceptors (Lipinski definition) is 7. The van der Waals surface area contributed by atoms with E-state index in [0.29, 0.717) is 55.3 Å². The van der Waals surface area contributed by atoms with E-state index in [9.17, 15) is 4.79 Å². The van der Waals surface area contributed by atoms with E-state index < -0.39 is 5.60 Å². The van der Waals surface area contributed by atoms with Crippen molar-refractivity contribution < 1.29 is 19.0 Å². The van der Waals surface area contributed by atoms with Crippen molar-refractivity contribution in [1.82, 2.24) is 14.9 Å². The van der Waals surface area contributed by atoms with Crippen LogP contribution in [0.5, 0.6) is 11.8 Å². The third-order valence-electron chi connectivity index (χ3n) is 5.57.